The summed E-state index contributed by atoms with van der Waals surface area (Å²) >= 11 is 0. The van der Waals surface area contributed by atoms with Crippen molar-refractivity contribution < 1.29 is 23.5 Å². The highest BCUT2D eigenvalue weighted by atomic mass is 19.3. The first-order chi connectivity index (χ1) is 20.1. The zero-order valence-electron chi connectivity index (χ0n) is 24.6. The number of hydrogen-bond donors (Lipinski definition) is 3. The lowest BCUT2D eigenvalue weighted by Gasteiger charge is -2.41. The van der Waals surface area contributed by atoms with Crippen LogP contribution in [0.5, 0.6) is 0 Å². The number of amides is 2. The fourth-order valence-electron chi connectivity index (χ4n) is 7.28. The Morgan fingerprint density at radius 3 is 2.31 bits per heavy atom. The van der Waals surface area contributed by atoms with Gasteiger partial charge in [-0.2, -0.15) is 0 Å². The summed E-state index contributed by atoms with van der Waals surface area (Å²) in [5.74, 6) is -1.13. The van der Waals surface area contributed by atoms with E-state index in [9.17, 15) is 18.4 Å². The molecular weight excluding hydrogens is 542 g/mol. The third-order valence-corrected chi connectivity index (χ3v) is 9.44. The molecule has 230 valence electrons. The highest BCUT2D eigenvalue weighted by Gasteiger charge is 2.43. The number of carbonyl (C=O) groups excluding carboxylic acids is 1. The summed E-state index contributed by atoms with van der Waals surface area (Å²) in [5, 5.41) is 23.6. The Hall–Kier alpha value is -3.08. The first-order valence-corrected chi connectivity index (χ1v) is 15.5. The van der Waals surface area contributed by atoms with Gasteiger partial charge < -0.3 is 20.3 Å². The van der Waals surface area contributed by atoms with Crippen LogP contribution < -0.4 is 10.6 Å². The lowest BCUT2D eigenvalue weighted by atomic mass is 9.86. The van der Waals surface area contributed by atoms with E-state index < -0.39 is 12.0 Å². The van der Waals surface area contributed by atoms with E-state index in [0.717, 1.165) is 55.9 Å². The highest BCUT2D eigenvalue weighted by molar-refractivity contribution is 5.79. The summed E-state index contributed by atoms with van der Waals surface area (Å²) in [5.41, 5.74) is 1.04. The number of halogens is 2. The second kappa shape index (κ2) is 13.1. The van der Waals surface area contributed by atoms with Gasteiger partial charge in [0.1, 0.15) is 11.6 Å². The van der Waals surface area contributed by atoms with Crippen LogP contribution in [0.15, 0.2) is 30.3 Å². The van der Waals surface area contributed by atoms with Gasteiger partial charge in [0, 0.05) is 62.3 Å². The van der Waals surface area contributed by atoms with Crippen molar-refractivity contribution in [1.82, 2.24) is 30.3 Å². The molecule has 3 heterocycles. The van der Waals surface area contributed by atoms with E-state index in [1.807, 2.05) is 30.3 Å². The number of nitrogens with zero attached hydrogens (tertiary/aromatic N) is 4. The van der Waals surface area contributed by atoms with Crippen LogP contribution in [-0.4, -0.2) is 67.9 Å². The average molecular weight is 587 g/mol. The molecule has 9 nitrogen and oxygen atoms in total. The monoisotopic (exact) mass is 586 g/mol. The van der Waals surface area contributed by atoms with Crippen molar-refractivity contribution in [2.75, 3.05) is 13.1 Å². The van der Waals surface area contributed by atoms with Crippen LogP contribution in [0.1, 0.15) is 107 Å². The van der Waals surface area contributed by atoms with Gasteiger partial charge in [0.15, 0.2) is 0 Å². The van der Waals surface area contributed by atoms with E-state index in [1.165, 1.54) is 0 Å². The summed E-state index contributed by atoms with van der Waals surface area (Å²) in [6.07, 6.45) is 4.43. The van der Waals surface area contributed by atoms with Gasteiger partial charge in [-0.25, -0.2) is 13.6 Å². The number of piperidine rings is 1. The molecule has 5 rings (SSSR count). The molecule has 2 aromatic rings. The third kappa shape index (κ3) is 7.10. The van der Waals surface area contributed by atoms with Crippen molar-refractivity contribution in [2.45, 2.75) is 114 Å². The van der Waals surface area contributed by atoms with Gasteiger partial charge in [0.05, 0.1) is 6.04 Å². The lowest BCUT2D eigenvalue weighted by Crippen LogP contribution is -2.45. The van der Waals surface area contributed by atoms with Crippen molar-refractivity contribution in [2.24, 2.45) is 5.92 Å². The van der Waals surface area contributed by atoms with Crippen molar-refractivity contribution >= 4 is 12.0 Å². The molecule has 1 aromatic carbocycles. The lowest BCUT2D eigenvalue weighted by molar-refractivity contribution is -0.130. The molecule has 2 saturated heterocycles. The van der Waals surface area contributed by atoms with Crippen LogP contribution >= 0.6 is 0 Å². The first-order valence-electron chi connectivity index (χ1n) is 15.5. The number of carbonyl (C=O) groups is 2. The van der Waals surface area contributed by atoms with E-state index in [0.29, 0.717) is 25.0 Å². The minimum atomic E-state index is -2.65. The van der Waals surface area contributed by atoms with Gasteiger partial charge in [-0.15, -0.1) is 10.2 Å². The number of nitrogens with one attached hydrogen (secondary N) is 2. The fraction of sp³-hybridized carbons (Fsp3) is 0.677. The normalized spacial score (nSPS) is 24.9. The summed E-state index contributed by atoms with van der Waals surface area (Å²) in [7, 11) is 0. The maximum atomic E-state index is 13.7. The molecule has 11 heteroatoms. The maximum absolute atomic E-state index is 13.7. The van der Waals surface area contributed by atoms with Crippen molar-refractivity contribution in [3.63, 3.8) is 0 Å². The fourth-order valence-corrected chi connectivity index (χ4v) is 7.28. The van der Waals surface area contributed by atoms with Crippen molar-refractivity contribution in [3.8, 4) is 0 Å². The molecule has 3 fully saturated rings. The molecule has 2 bridgehead atoms. The molecule has 1 aliphatic carbocycles. The minimum Gasteiger partial charge on any atom is -0.465 e. The predicted molar refractivity (Wildman–Crippen MR) is 154 cm³/mol. The summed E-state index contributed by atoms with van der Waals surface area (Å²) < 4.78 is 29.7. The van der Waals surface area contributed by atoms with Gasteiger partial charge >= 0.3 is 6.09 Å². The van der Waals surface area contributed by atoms with Crippen LogP contribution in [0.4, 0.5) is 13.6 Å². The molecule has 3 N–H and O–H groups in total. The van der Waals surface area contributed by atoms with E-state index in [1.54, 1.807) is 0 Å². The number of carboxylic acid groups (broad SMARTS) is 1. The van der Waals surface area contributed by atoms with Crippen LogP contribution in [0.2, 0.25) is 0 Å². The largest absolute Gasteiger partial charge is 0.465 e. The number of alkyl halides is 2. The van der Waals surface area contributed by atoms with E-state index in [2.05, 4.69) is 44.1 Å². The summed E-state index contributed by atoms with van der Waals surface area (Å²) in [6.45, 7) is 5.37. The molecule has 1 saturated carbocycles. The Kier molecular flexibility index (Phi) is 9.44. The average Bonchev–Trinajstić information content (AvgIpc) is 3.48. The van der Waals surface area contributed by atoms with Crippen LogP contribution in [0.25, 0.3) is 0 Å². The summed E-state index contributed by atoms with van der Waals surface area (Å²) in [4.78, 5) is 26.7. The molecule has 2 amide bonds. The number of hydrogen-bond acceptors (Lipinski definition) is 5. The topological polar surface area (TPSA) is 112 Å². The zero-order chi connectivity index (χ0) is 29.9. The molecule has 1 aromatic heterocycles. The van der Waals surface area contributed by atoms with Gasteiger partial charge in [-0.05, 0) is 50.5 Å². The molecule has 0 spiro atoms. The third-order valence-electron chi connectivity index (χ3n) is 9.44. The molecule has 3 atom stereocenters. The van der Waals surface area contributed by atoms with Gasteiger partial charge in [0.2, 0.25) is 11.8 Å². The Morgan fingerprint density at radius 2 is 1.69 bits per heavy atom. The number of fused-ring (bicyclic) bond motifs is 2. The van der Waals surface area contributed by atoms with Crippen LogP contribution in [-0.2, 0) is 11.2 Å². The Morgan fingerprint density at radius 1 is 1.02 bits per heavy atom. The SMILES string of the molecule is CC(C)c1nnc(CCNC(=O)O)n1C1CC2CCC(C1)N2CCC(NC(=O)C1CCC(F)(F)CC1)c1ccccc1. The zero-order valence-corrected chi connectivity index (χ0v) is 24.6. The van der Waals surface area contributed by atoms with E-state index in [4.69, 9.17) is 5.11 Å². The highest BCUT2D eigenvalue weighted by Crippen LogP contribution is 2.43. The smallest absolute Gasteiger partial charge is 0.404 e. The van der Waals surface area contributed by atoms with Crippen LogP contribution in [0.3, 0.4) is 0 Å². The predicted octanol–water partition coefficient (Wildman–Crippen LogP) is 5.45. The molecule has 3 unspecified atom stereocenters. The standard InChI is InChI=1S/C31H44F2N6O3/c1-20(2)28-37-36-27(12-16-34-30(41)42)39(28)25-18-23-8-9-24(19-25)38(23)17-13-26(21-6-4-3-5-7-21)35-29(40)22-10-14-31(32,33)15-11-22/h3-7,20,22-26,34H,8-19H2,1-2H3,(H,35,40)(H,41,42). The molecule has 3 aliphatic rings. The van der Waals surface area contributed by atoms with E-state index >= 15 is 0 Å². The quantitative estimate of drug-likeness (QED) is 0.323. The van der Waals surface area contributed by atoms with Crippen molar-refractivity contribution in [3.05, 3.63) is 47.5 Å². The Bertz CT molecular complexity index is 1200. The first kappa shape index (κ1) is 30.4. The van der Waals surface area contributed by atoms with Gasteiger partial charge in [0.25, 0.3) is 0 Å². The molecule has 2 aliphatic heterocycles. The molecule has 0 radical (unpaired) electrons. The number of benzene rings is 1. The van der Waals surface area contributed by atoms with E-state index in [-0.39, 0.29) is 55.5 Å². The second-order valence-electron chi connectivity index (χ2n) is 12.6. The van der Waals surface area contributed by atoms with Gasteiger partial charge in [-0.3, -0.25) is 9.69 Å². The minimum absolute atomic E-state index is 0.111. The summed E-state index contributed by atoms with van der Waals surface area (Å²) in [6, 6.07) is 10.9. The second-order valence-corrected chi connectivity index (χ2v) is 12.6. The Balaban J connectivity index is 1.24. The van der Waals surface area contributed by atoms with Crippen LogP contribution in [0, 0.1) is 5.92 Å². The number of aromatic nitrogens is 3. The van der Waals surface area contributed by atoms with Gasteiger partial charge in [-0.1, -0.05) is 44.2 Å². The Labute approximate surface area is 246 Å². The van der Waals surface area contributed by atoms with Crippen molar-refractivity contribution in [1.29, 1.82) is 0 Å². The maximum Gasteiger partial charge on any atom is 0.404 e. The number of rotatable bonds is 11. The molecule has 42 heavy (non-hydrogen) atoms. The molecular formula is C31H44F2N6O3.